The van der Waals surface area contributed by atoms with Crippen LogP contribution >= 0.6 is 11.3 Å². The predicted octanol–water partition coefficient (Wildman–Crippen LogP) is 3.47. The third kappa shape index (κ3) is 2.83. The molecule has 3 aromatic rings. The lowest BCUT2D eigenvalue weighted by atomic mass is 10.2. The maximum atomic E-state index is 5.86. The van der Waals surface area contributed by atoms with E-state index in [1.54, 1.807) is 11.3 Å². The Morgan fingerprint density at radius 1 is 1.19 bits per heavy atom. The number of rotatable bonds is 4. The van der Waals surface area contributed by atoms with Gasteiger partial charge in [-0.2, -0.15) is 4.98 Å². The molecule has 1 aromatic carbocycles. The molecule has 2 heterocycles. The van der Waals surface area contributed by atoms with Crippen molar-refractivity contribution in [2.24, 2.45) is 0 Å². The van der Waals surface area contributed by atoms with E-state index in [9.17, 15) is 0 Å². The summed E-state index contributed by atoms with van der Waals surface area (Å²) < 4.78 is 0. The number of aryl methyl sites for hydroxylation is 1. The quantitative estimate of drug-likeness (QED) is 0.801. The molecule has 0 spiro atoms. The van der Waals surface area contributed by atoms with Gasteiger partial charge in [-0.3, -0.25) is 0 Å². The van der Waals surface area contributed by atoms with E-state index in [2.05, 4.69) is 40.0 Å². The molecule has 0 amide bonds. The number of nitrogens with two attached hydrogens (primary N) is 1. The smallest absolute Gasteiger partial charge is 0.223 e. The van der Waals surface area contributed by atoms with E-state index in [0.717, 1.165) is 29.0 Å². The zero-order valence-electron chi connectivity index (χ0n) is 12.2. The molecule has 0 aliphatic carbocycles. The highest BCUT2D eigenvalue weighted by atomic mass is 32.1. The van der Waals surface area contributed by atoms with Crippen molar-refractivity contribution in [2.75, 3.05) is 17.7 Å². The Balaban J connectivity index is 2.00. The summed E-state index contributed by atoms with van der Waals surface area (Å²) in [6.45, 7) is 2.94. The van der Waals surface area contributed by atoms with Crippen LogP contribution in [0.25, 0.3) is 10.2 Å². The van der Waals surface area contributed by atoms with Crippen LogP contribution < -0.4 is 10.6 Å². The average Bonchev–Trinajstić information content (AvgIpc) is 2.90. The monoisotopic (exact) mass is 298 g/mol. The van der Waals surface area contributed by atoms with Crippen molar-refractivity contribution in [1.29, 1.82) is 0 Å². The lowest BCUT2D eigenvalue weighted by Crippen LogP contribution is -2.18. The van der Waals surface area contributed by atoms with Gasteiger partial charge in [0.15, 0.2) is 0 Å². The SMILES string of the molecule is CCc1cc2c(N(C)Cc3ccccc3)nc(N)nc2s1. The van der Waals surface area contributed by atoms with Gasteiger partial charge in [-0.05, 0) is 18.1 Å². The van der Waals surface area contributed by atoms with Crippen LogP contribution in [-0.2, 0) is 13.0 Å². The van der Waals surface area contributed by atoms with Gasteiger partial charge in [-0.15, -0.1) is 11.3 Å². The number of hydrogen-bond donors (Lipinski definition) is 1. The summed E-state index contributed by atoms with van der Waals surface area (Å²) in [5, 5.41) is 1.09. The molecule has 0 aliphatic rings. The molecule has 0 fully saturated rings. The van der Waals surface area contributed by atoms with Gasteiger partial charge in [0.05, 0.1) is 5.39 Å². The highest BCUT2D eigenvalue weighted by Crippen LogP contribution is 2.31. The molecule has 21 heavy (non-hydrogen) atoms. The van der Waals surface area contributed by atoms with Crippen LogP contribution in [0.1, 0.15) is 17.4 Å². The number of thiophene rings is 1. The minimum Gasteiger partial charge on any atom is -0.368 e. The second kappa shape index (κ2) is 5.69. The number of fused-ring (bicyclic) bond motifs is 1. The molecule has 0 atom stereocenters. The van der Waals surface area contributed by atoms with E-state index in [4.69, 9.17) is 5.73 Å². The summed E-state index contributed by atoms with van der Waals surface area (Å²) in [4.78, 5) is 13.2. The van der Waals surface area contributed by atoms with Gasteiger partial charge in [-0.25, -0.2) is 4.98 Å². The van der Waals surface area contributed by atoms with Crippen LogP contribution in [0.15, 0.2) is 36.4 Å². The first-order valence-electron chi connectivity index (χ1n) is 6.98. The Morgan fingerprint density at radius 3 is 2.67 bits per heavy atom. The number of hydrogen-bond acceptors (Lipinski definition) is 5. The molecule has 5 heteroatoms. The van der Waals surface area contributed by atoms with Gasteiger partial charge in [-0.1, -0.05) is 37.3 Å². The van der Waals surface area contributed by atoms with Crippen molar-refractivity contribution in [2.45, 2.75) is 19.9 Å². The minimum absolute atomic E-state index is 0.335. The van der Waals surface area contributed by atoms with Crippen molar-refractivity contribution in [1.82, 2.24) is 9.97 Å². The molecular formula is C16H18N4S. The fourth-order valence-corrected chi connectivity index (χ4v) is 3.34. The molecule has 0 bridgehead atoms. The topological polar surface area (TPSA) is 55.0 Å². The van der Waals surface area contributed by atoms with Crippen molar-refractivity contribution in [3.63, 3.8) is 0 Å². The van der Waals surface area contributed by atoms with E-state index in [1.807, 2.05) is 25.2 Å². The van der Waals surface area contributed by atoms with Crippen molar-refractivity contribution in [3.05, 3.63) is 46.8 Å². The van der Waals surface area contributed by atoms with E-state index < -0.39 is 0 Å². The summed E-state index contributed by atoms with van der Waals surface area (Å²) in [5.41, 5.74) is 7.11. The van der Waals surface area contributed by atoms with Gasteiger partial charge in [0.25, 0.3) is 0 Å². The summed E-state index contributed by atoms with van der Waals surface area (Å²) in [6.07, 6.45) is 1.00. The minimum atomic E-state index is 0.335. The zero-order chi connectivity index (χ0) is 14.8. The second-order valence-corrected chi connectivity index (χ2v) is 6.15. The molecule has 2 aromatic heterocycles. The molecule has 0 saturated heterocycles. The summed E-state index contributed by atoms with van der Waals surface area (Å²) in [6, 6.07) is 12.5. The first-order valence-corrected chi connectivity index (χ1v) is 7.80. The van der Waals surface area contributed by atoms with Gasteiger partial charge < -0.3 is 10.6 Å². The summed E-state index contributed by atoms with van der Waals surface area (Å²) >= 11 is 1.69. The third-order valence-corrected chi connectivity index (χ3v) is 4.59. The molecule has 0 radical (unpaired) electrons. The van der Waals surface area contributed by atoms with Crippen molar-refractivity contribution in [3.8, 4) is 0 Å². The Labute approximate surface area is 128 Å². The maximum Gasteiger partial charge on any atom is 0.223 e. The van der Waals surface area contributed by atoms with Crippen LogP contribution in [0.4, 0.5) is 11.8 Å². The van der Waals surface area contributed by atoms with E-state index >= 15 is 0 Å². The molecule has 3 rings (SSSR count). The number of anilines is 2. The molecule has 4 nitrogen and oxygen atoms in total. The highest BCUT2D eigenvalue weighted by molar-refractivity contribution is 7.18. The Bertz CT molecular complexity index is 752. The van der Waals surface area contributed by atoms with Crippen LogP contribution in [0.3, 0.4) is 0 Å². The Hall–Kier alpha value is -2.14. The van der Waals surface area contributed by atoms with E-state index in [0.29, 0.717) is 5.95 Å². The normalized spacial score (nSPS) is 11.0. The number of nitrogens with zero attached hydrogens (tertiary/aromatic N) is 3. The Morgan fingerprint density at radius 2 is 1.95 bits per heavy atom. The number of nitrogen functional groups attached to an aromatic ring is 1. The van der Waals surface area contributed by atoms with Gasteiger partial charge in [0.2, 0.25) is 5.95 Å². The fourth-order valence-electron chi connectivity index (χ4n) is 2.37. The largest absolute Gasteiger partial charge is 0.368 e. The lowest BCUT2D eigenvalue weighted by Gasteiger charge is -2.19. The average molecular weight is 298 g/mol. The van der Waals surface area contributed by atoms with Crippen LogP contribution in [0.5, 0.6) is 0 Å². The van der Waals surface area contributed by atoms with Crippen LogP contribution in [0.2, 0.25) is 0 Å². The highest BCUT2D eigenvalue weighted by Gasteiger charge is 2.13. The molecule has 0 aliphatic heterocycles. The van der Waals surface area contributed by atoms with Gasteiger partial charge >= 0.3 is 0 Å². The summed E-state index contributed by atoms with van der Waals surface area (Å²) in [5.74, 6) is 1.24. The standard InChI is InChI=1S/C16H18N4S/c1-3-12-9-13-14(18-16(17)19-15(13)21-12)20(2)10-11-7-5-4-6-8-11/h4-9H,3,10H2,1-2H3,(H2,17,18,19). The van der Waals surface area contributed by atoms with Crippen molar-refractivity contribution < 1.29 is 0 Å². The van der Waals surface area contributed by atoms with Crippen LogP contribution in [0, 0.1) is 0 Å². The lowest BCUT2D eigenvalue weighted by molar-refractivity contribution is 0.903. The van der Waals surface area contributed by atoms with Gasteiger partial charge in [0, 0.05) is 18.5 Å². The first kappa shape index (κ1) is 13.8. The maximum absolute atomic E-state index is 5.86. The van der Waals surface area contributed by atoms with Crippen molar-refractivity contribution >= 4 is 33.3 Å². The van der Waals surface area contributed by atoms with E-state index in [-0.39, 0.29) is 0 Å². The molecule has 108 valence electrons. The number of benzene rings is 1. The van der Waals surface area contributed by atoms with Crippen LogP contribution in [-0.4, -0.2) is 17.0 Å². The Kier molecular flexibility index (Phi) is 3.75. The predicted molar refractivity (Wildman–Crippen MR) is 89.8 cm³/mol. The number of aromatic nitrogens is 2. The molecule has 2 N–H and O–H groups in total. The van der Waals surface area contributed by atoms with Gasteiger partial charge in [0.1, 0.15) is 10.6 Å². The molecule has 0 unspecified atom stereocenters. The third-order valence-electron chi connectivity index (χ3n) is 3.41. The first-order chi connectivity index (χ1) is 10.2. The molecular weight excluding hydrogens is 280 g/mol. The fraction of sp³-hybridized carbons (Fsp3) is 0.250. The second-order valence-electron chi connectivity index (χ2n) is 5.03. The molecule has 0 saturated carbocycles. The summed E-state index contributed by atoms with van der Waals surface area (Å²) in [7, 11) is 2.04. The zero-order valence-corrected chi connectivity index (χ0v) is 13.0. The van der Waals surface area contributed by atoms with E-state index in [1.165, 1.54) is 10.4 Å².